The zero-order chi connectivity index (χ0) is 23.0. The van der Waals surface area contributed by atoms with Gasteiger partial charge < -0.3 is 4.90 Å². The molecule has 172 valence electrons. The van der Waals surface area contributed by atoms with Gasteiger partial charge in [-0.05, 0) is 35.5 Å². The summed E-state index contributed by atoms with van der Waals surface area (Å²) >= 11 is 6.16. The van der Waals surface area contributed by atoms with Crippen molar-refractivity contribution in [2.24, 2.45) is 10.9 Å². The number of rotatable bonds is 6. The molecule has 3 aliphatic rings. The number of nitrogens with zero attached hydrogens (tertiary/aromatic N) is 6. The van der Waals surface area contributed by atoms with Crippen LogP contribution >= 0.6 is 11.6 Å². The molecule has 9 heteroatoms. The maximum atomic E-state index is 13.0. The summed E-state index contributed by atoms with van der Waals surface area (Å²) in [4.78, 5) is 37.7. The van der Waals surface area contributed by atoms with Crippen LogP contribution in [0.2, 0.25) is 5.02 Å². The van der Waals surface area contributed by atoms with Gasteiger partial charge in [-0.1, -0.05) is 31.5 Å². The molecule has 3 heterocycles. The predicted molar refractivity (Wildman–Crippen MR) is 127 cm³/mol. The Balaban J connectivity index is 1.51. The number of fused-ring (bicyclic) bond motifs is 1. The second kappa shape index (κ2) is 9.19. The molecule has 8 nitrogen and oxygen atoms in total. The Hall–Kier alpha value is -2.45. The Labute approximate surface area is 194 Å². The van der Waals surface area contributed by atoms with Gasteiger partial charge in [0.25, 0.3) is 17.8 Å². The van der Waals surface area contributed by atoms with Crippen LogP contribution < -0.4 is 4.90 Å². The molecule has 2 fully saturated rings. The van der Waals surface area contributed by atoms with E-state index in [9.17, 15) is 9.59 Å². The van der Waals surface area contributed by atoms with E-state index in [0.29, 0.717) is 18.3 Å². The number of aliphatic imine (C=N–C) groups is 1. The minimum absolute atomic E-state index is 0.198. The van der Waals surface area contributed by atoms with Crippen LogP contribution in [0.4, 0.5) is 10.5 Å². The van der Waals surface area contributed by atoms with Crippen molar-refractivity contribution >= 4 is 40.9 Å². The second-order valence-electron chi connectivity index (χ2n) is 9.15. The molecule has 3 aliphatic heterocycles. The molecule has 0 bridgehead atoms. The van der Waals surface area contributed by atoms with Crippen LogP contribution in [0, 0.1) is 5.92 Å². The third kappa shape index (κ3) is 4.38. The topological polar surface area (TPSA) is 62.5 Å². The number of amidine groups is 2. The number of amides is 3. The van der Waals surface area contributed by atoms with Crippen molar-refractivity contribution in [1.82, 2.24) is 14.7 Å². The predicted octanol–water partition coefficient (Wildman–Crippen LogP) is 2.22. The summed E-state index contributed by atoms with van der Waals surface area (Å²) in [6, 6.07) is 7.13. The lowest BCUT2D eigenvalue weighted by Gasteiger charge is -2.35. The fourth-order valence-electron chi connectivity index (χ4n) is 4.47. The van der Waals surface area contributed by atoms with Crippen molar-refractivity contribution in [3.63, 3.8) is 0 Å². The fourth-order valence-corrected chi connectivity index (χ4v) is 4.65. The molecule has 0 radical (unpaired) electrons. The summed E-state index contributed by atoms with van der Waals surface area (Å²) in [6.07, 6.45) is 0.958. The molecule has 0 aliphatic carbocycles. The number of hydrogen-bond donors (Lipinski definition) is 0. The third-order valence-corrected chi connectivity index (χ3v) is 6.71. The number of benzene rings is 1. The average molecular weight is 460 g/mol. The monoisotopic (exact) mass is 459 g/mol. The van der Waals surface area contributed by atoms with Gasteiger partial charge >= 0.3 is 11.9 Å². The minimum atomic E-state index is -0.510. The quantitative estimate of drug-likeness (QED) is 0.612. The summed E-state index contributed by atoms with van der Waals surface area (Å²) < 4.78 is 2.11. The lowest BCUT2D eigenvalue weighted by Crippen LogP contribution is -2.61. The van der Waals surface area contributed by atoms with Crippen LogP contribution in [0.1, 0.15) is 20.3 Å². The van der Waals surface area contributed by atoms with Crippen LogP contribution in [0.5, 0.6) is 0 Å². The van der Waals surface area contributed by atoms with Crippen molar-refractivity contribution < 1.29 is 14.2 Å². The highest BCUT2D eigenvalue weighted by Gasteiger charge is 2.53. The SMILES string of the molecule is CC(C)CC[N+]1=C(CN2CCN(c3cccc(Cl)c3)CC2)N=C2C1C(=O)N(C)C(=O)N2C. The lowest BCUT2D eigenvalue weighted by molar-refractivity contribution is -0.537. The van der Waals surface area contributed by atoms with E-state index >= 15 is 0 Å². The number of carbonyl (C=O) groups excluding carboxylic acids is 2. The van der Waals surface area contributed by atoms with Crippen LogP contribution in [-0.2, 0) is 4.79 Å². The standard InChI is InChI=1S/C23H32ClN6O2/c1-16(2)8-9-30-19(25-21-20(30)22(31)27(4)23(32)26(21)3)15-28-10-12-29(13-11-28)18-7-5-6-17(24)14-18/h5-7,14,16,20H,8-13,15H2,1-4H3/q+1. The average Bonchev–Trinajstić information content (AvgIpc) is 3.13. The number of imide groups is 1. The van der Waals surface area contributed by atoms with Gasteiger partial charge in [0.1, 0.15) is 6.54 Å². The van der Waals surface area contributed by atoms with Crippen molar-refractivity contribution in [3.8, 4) is 0 Å². The highest BCUT2D eigenvalue weighted by Crippen LogP contribution is 2.22. The number of likely N-dealkylation sites (N-methyl/N-ethyl adjacent to an activating group) is 2. The highest BCUT2D eigenvalue weighted by molar-refractivity contribution is 6.30. The zero-order valence-corrected chi connectivity index (χ0v) is 20.0. The first-order valence-electron chi connectivity index (χ1n) is 11.3. The Morgan fingerprint density at radius 3 is 2.50 bits per heavy atom. The number of anilines is 1. The zero-order valence-electron chi connectivity index (χ0n) is 19.3. The summed E-state index contributed by atoms with van der Waals surface area (Å²) in [5.74, 6) is 1.74. The van der Waals surface area contributed by atoms with Crippen LogP contribution in [-0.4, -0.2) is 102 Å². The van der Waals surface area contributed by atoms with Gasteiger partial charge in [-0.15, -0.1) is 0 Å². The number of halogens is 1. The van der Waals surface area contributed by atoms with Crippen molar-refractivity contribution in [2.45, 2.75) is 26.3 Å². The number of urea groups is 1. The van der Waals surface area contributed by atoms with E-state index in [1.54, 1.807) is 14.1 Å². The van der Waals surface area contributed by atoms with Gasteiger partial charge in [-0.25, -0.2) is 9.37 Å². The van der Waals surface area contributed by atoms with Gasteiger partial charge in [-0.3, -0.25) is 19.5 Å². The first-order chi connectivity index (χ1) is 15.3. The summed E-state index contributed by atoms with van der Waals surface area (Å²) in [5, 5.41) is 0.749. The molecular weight excluding hydrogens is 428 g/mol. The van der Waals surface area contributed by atoms with E-state index in [1.807, 2.05) is 18.2 Å². The van der Waals surface area contributed by atoms with E-state index in [2.05, 4.69) is 34.3 Å². The van der Waals surface area contributed by atoms with Gasteiger partial charge in [0, 0.05) is 51.0 Å². The van der Waals surface area contributed by atoms with Crippen molar-refractivity contribution in [2.75, 3.05) is 58.3 Å². The molecule has 32 heavy (non-hydrogen) atoms. The Morgan fingerprint density at radius 2 is 1.84 bits per heavy atom. The molecule has 1 unspecified atom stereocenters. The largest absolute Gasteiger partial charge is 0.369 e. The maximum absolute atomic E-state index is 13.0. The van der Waals surface area contributed by atoms with Crippen molar-refractivity contribution in [1.29, 1.82) is 0 Å². The first kappa shape index (κ1) is 22.7. The van der Waals surface area contributed by atoms with Gasteiger partial charge in [0.05, 0.1) is 6.54 Å². The molecule has 0 N–H and O–H groups in total. The minimum Gasteiger partial charge on any atom is -0.369 e. The molecule has 0 spiro atoms. The second-order valence-corrected chi connectivity index (χ2v) is 9.58. The molecule has 1 aromatic rings. The summed E-state index contributed by atoms with van der Waals surface area (Å²) in [5.41, 5.74) is 1.14. The van der Waals surface area contributed by atoms with E-state index in [0.717, 1.165) is 55.7 Å². The Kier molecular flexibility index (Phi) is 6.53. The first-order valence-corrected chi connectivity index (χ1v) is 11.6. The normalized spacial score (nSPS) is 22.2. The molecule has 1 atom stereocenters. The lowest BCUT2D eigenvalue weighted by atomic mass is 10.1. The molecule has 3 amide bonds. The van der Waals surface area contributed by atoms with E-state index in [4.69, 9.17) is 16.6 Å². The smallest absolute Gasteiger partial charge is 0.333 e. The van der Waals surface area contributed by atoms with Crippen molar-refractivity contribution in [3.05, 3.63) is 29.3 Å². The molecule has 1 aromatic carbocycles. The molecule has 2 saturated heterocycles. The van der Waals surface area contributed by atoms with Crippen LogP contribution in [0.3, 0.4) is 0 Å². The Morgan fingerprint density at radius 1 is 1.12 bits per heavy atom. The fraction of sp³-hybridized carbons (Fsp3) is 0.565. The van der Waals surface area contributed by atoms with Crippen LogP contribution in [0.25, 0.3) is 0 Å². The molecule has 4 rings (SSSR count). The molecule has 0 aromatic heterocycles. The van der Waals surface area contributed by atoms with Gasteiger partial charge in [-0.2, -0.15) is 0 Å². The van der Waals surface area contributed by atoms with Crippen LogP contribution in [0.15, 0.2) is 29.3 Å². The van der Waals surface area contributed by atoms with E-state index in [1.165, 1.54) is 9.80 Å². The number of hydrogen-bond acceptors (Lipinski definition) is 5. The number of piperazine rings is 1. The summed E-state index contributed by atoms with van der Waals surface area (Å²) in [6.45, 7) is 9.36. The van der Waals surface area contributed by atoms with Gasteiger partial charge in [0.2, 0.25) is 0 Å². The maximum Gasteiger partial charge on any atom is 0.333 e. The number of carbonyl (C=O) groups is 2. The van der Waals surface area contributed by atoms with Gasteiger partial charge in [0.15, 0.2) is 0 Å². The molecular formula is C23H32ClN6O2+. The molecule has 0 saturated carbocycles. The summed E-state index contributed by atoms with van der Waals surface area (Å²) in [7, 11) is 3.25. The highest BCUT2D eigenvalue weighted by atomic mass is 35.5. The third-order valence-electron chi connectivity index (χ3n) is 6.47. The van der Waals surface area contributed by atoms with E-state index in [-0.39, 0.29) is 11.9 Å². The van der Waals surface area contributed by atoms with E-state index < -0.39 is 6.04 Å². The Bertz CT molecular complexity index is 967.